The number of benzene rings is 2. The first-order valence-electron chi connectivity index (χ1n) is 12.0. The van der Waals surface area contributed by atoms with Crippen LogP contribution in [0.3, 0.4) is 0 Å². The molecule has 2 aromatic rings. The van der Waals surface area contributed by atoms with Gasteiger partial charge in [0.05, 0.1) is 22.0 Å². The van der Waals surface area contributed by atoms with Crippen LogP contribution in [0.1, 0.15) is 31.2 Å². The van der Waals surface area contributed by atoms with Crippen LogP contribution in [0.2, 0.25) is 0 Å². The van der Waals surface area contributed by atoms with E-state index in [2.05, 4.69) is 15.4 Å². The summed E-state index contributed by atoms with van der Waals surface area (Å²) in [6, 6.07) is 5.10. The predicted molar refractivity (Wildman–Crippen MR) is 138 cm³/mol. The first-order valence-corrected chi connectivity index (χ1v) is 13.4. The van der Waals surface area contributed by atoms with E-state index in [0.29, 0.717) is 55.4 Å². The molecule has 13 heteroatoms. The molecule has 200 valence electrons. The summed E-state index contributed by atoms with van der Waals surface area (Å²) in [6.45, 7) is 2.37. The third-order valence-electron chi connectivity index (χ3n) is 6.78. The van der Waals surface area contributed by atoms with Gasteiger partial charge in [-0.05, 0) is 68.6 Å². The van der Waals surface area contributed by atoms with Gasteiger partial charge in [0.25, 0.3) is 10.0 Å². The monoisotopic (exact) mass is 555 g/mol. The Bertz CT molecular complexity index is 1320. The van der Waals surface area contributed by atoms with E-state index < -0.39 is 27.3 Å². The minimum absolute atomic E-state index is 0. The maximum Gasteiger partial charge on any atom is 0.322 e. The summed E-state index contributed by atoms with van der Waals surface area (Å²) >= 11 is 0. The summed E-state index contributed by atoms with van der Waals surface area (Å²) in [5, 5.41) is 6.31. The van der Waals surface area contributed by atoms with Gasteiger partial charge in [-0.1, -0.05) is 0 Å². The topological polar surface area (TPSA) is 111 Å². The third kappa shape index (κ3) is 5.51. The normalized spacial score (nSPS) is 17.9. The van der Waals surface area contributed by atoms with Crippen molar-refractivity contribution in [3.63, 3.8) is 0 Å². The molecule has 0 aromatic heterocycles. The van der Waals surface area contributed by atoms with E-state index in [4.69, 9.17) is 0 Å². The lowest BCUT2D eigenvalue weighted by atomic mass is 10.1. The highest BCUT2D eigenvalue weighted by molar-refractivity contribution is 7.92. The van der Waals surface area contributed by atoms with Gasteiger partial charge in [0.2, 0.25) is 5.91 Å². The third-order valence-corrected chi connectivity index (χ3v) is 8.12. The quantitative estimate of drug-likeness (QED) is 0.525. The molecule has 2 fully saturated rings. The largest absolute Gasteiger partial charge is 0.335 e. The zero-order valence-electron chi connectivity index (χ0n) is 19.9. The highest BCUT2D eigenvalue weighted by Crippen LogP contribution is 2.42. The van der Waals surface area contributed by atoms with Crippen LogP contribution < -0.4 is 25.2 Å². The Morgan fingerprint density at radius 2 is 1.81 bits per heavy atom. The maximum atomic E-state index is 14.1. The van der Waals surface area contributed by atoms with E-state index in [-0.39, 0.29) is 35.3 Å². The Morgan fingerprint density at radius 3 is 2.49 bits per heavy atom. The van der Waals surface area contributed by atoms with E-state index in [1.54, 1.807) is 4.90 Å². The molecule has 2 aromatic carbocycles. The number of halogens is 3. The SMILES string of the molecule is Cl.O=C1CCCN1c1cc(S(=O)(=O)Nc2ccc(F)cc2F)cc2c1N(C(=O)NC1CCNCC1)CC2. The zero-order chi connectivity index (χ0) is 25.4. The second-order valence-electron chi connectivity index (χ2n) is 9.20. The van der Waals surface area contributed by atoms with Crippen LogP contribution in [0.5, 0.6) is 0 Å². The number of rotatable bonds is 5. The van der Waals surface area contributed by atoms with Crippen LogP contribution in [-0.4, -0.2) is 52.6 Å². The molecule has 3 amide bonds. The number of urea groups is 1. The molecule has 2 saturated heterocycles. The molecule has 0 saturated carbocycles. The van der Waals surface area contributed by atoms with Crippen LogP contribution in [0.15, 0.2) is 35.2 Å². The average Bonchev–Trinajstić information content (AvgIpc) is 3.47. The van der Waals surface area contributed by atoms with E-state index in [1.165, 1.54) is 17.0 Å². The second-order valence-corrected chi connectivity index (χ2v) is 10.9. The molecule has 3 aliphatic heterocycles. The van der Waals surface area contributed by atoms with Crippen LogP contribution in [-0.2, 0) is 21.2 Å². The van der Waals surface area contributed by atoms with Gasteiger partial charge in [0.1, 0.15) is 11.6 Å². The summed E-state index contributed by atoms with van der Waals surface area (Å²) < 4.78 is 56.0. The lowest BCUT2D eigenvalue weighted by Gasteiger charge is -2.29. The molecule has 0 unspecified atom stereocenters. The minimum Gasteiger partial charge on any atom is -0.335 e. The predicted octanol–water partition coefficient (Wildman–Crippen LogP) is 3.14. The van der Waals surface area contributed by atoms with Crippen LogP contribution in [0.4, 0.5) is 30.6 Å². The molecule has 9 nitrogen and oxygen atoms in total. The van der Waals surface area contributed by atoms with E-state index in [0.717, 1.165) is 38.1 Å². The van der Waals surface area contributed by atoms with Gasteiger partial charge in [-0.2, -0.15) is 0 Å². The molecule has 37 heavy (non-hydrogen) atoms. The molecule has 3 aliphatic rings. The fourth-order valence-electron chi connectivity index (χ4n) is 4.96. The average molecular weight is 556 g/mol. The molecule has 5 rings (SSSR count). The number of anilines is 3. The van der Waals surface area contributed by atoms with E-state index >= 15 is 0 Å². The first kappa shape index (κ1) is 27.1. The summed E-state index contributed by atoms with van der Waals surface area (Å²) in [6.07, 6.45) is 2.97. The maximum absolute atomic E-state index is 14.1. The van der Waals surface area contributed by atoms with Crippen molar-refractivity contribution in [1.29, 1.82) is 0 Å². The van der Waals surface area contributed by atoms with Crippen molar-refractivity contribution in [2.75, 3.05) is 40.7 Å². The molecule has 0 bridgehead atoms. The lowest BCUT2D eigenvalue weighted by molar-refractivity contribution is -0.117. The standard InChI is InChI=1S/C24H27F2N5O4S.ClH/c25-16-3-4-20(19(26)13-16)29-36(34,35)18-12-15-7-11-31(24(33)28-17-5-8-27-9-6-17)23(15)21(14-18)30-10-1-2-22(30)32;/h3-4,12-14,17,27,29H,1-2,5-11H2,(H,28,33);1H. The molecule has 3 N–H and O–H groups in total. The highest BCUT2D eigenvalue weighted by Gasteiger charge is 2.35. The number of sulfonamides is 1. The lowest BCUT2D eigenvalue weighted by Crippen LogP contribution is -2.48. The summed E-state index contributed by atoms with van der Waals surface area (Å²) in [5.74, 6) is -2.03. The molecule has 3 heterocycles. The van der Waals surface area contributed by atoms with Crippen molar-refractivity contribution >= 4 is 51.4 Å². The van der Waals surface area contributed by atoms with Gasteiger partial charge in [0.15, 0.2) is 0 Å². The minimum atomic E-state index is -4.28. The van der Waals surface area contributed by atoms with E-state index in [1.807, 2.05) is 0 Å². The van der Waals surface area contributed by atoms with Crippen molar-refractivity contribution in [3.05, 3.63) is 47.5 Å². The Hall–Kier alpha value is -2.96. The van der Waals surface area contributed by atoms with Crippen molar-refractivity contribution in [2.45, 2.75) is 43.0 Å². The van der Waals surface area contributed by atoms with Gasteiger partial charge < -0.3 is 15.5 Å². The summed E-state index contributed by atoms with van der Waals surface area (Å²) in [5.41, 5.74) is 1.07. The van der Waals surface area contributed by atoms with Crippen LogP contribution >= 0.6 is 12.4 Å². The summed E-state index contributed by atoms with van der Waals surface area (Å²) in [7, 11) is -4.28. The van der Waals surface area contributed by atoms with Crippen LogP contribution in [0, 0.1) is 11.6 Å². The fourth-order valence-corrected chi connectivity index (χ4v) is 6.09. The van der Waals surface area contributed by atoms with Gasteiger partial charge in [0, 0.05) is 31.6 Å². The Morgan fingerprint density at radius 1 is 1.05 bits per heavy atom. The van der Waals surface area contributed by atoms with Crippen molar-refractivity contribution in [1.82, 2.24) is 10.6 Å². The molecule has 0 radical (unpaired) electrons. The number of hydrogen-bond acceptors (Lipinski definition) is 5. The van der Waals surface area contributed by atoms with E-state index in [9.17, 15) is 26.8 Å². The Labute approximate surface area is 220 Å². The summed E-state index contributed by atoms with van der Waals surface area (Å²) in [4.78, 5) is 28.8. The van der Waals surface area contributed by atoms with Gasteiger partial charge in [-0.3, -0.25) is 14.4 Å². The zero-order valence-corrected chi connectivity index (χ0v) is 21.6. The van der Waals surface area contributed by atoms with Crippen molar-refractivity contribution in [2.24, 2.45) is 0 Å². The smallest absolute Gasteiger partial charge is 0.322 e. The molecule has 0 atom stereocenters. The van der Waals surface area contributed by atoms with Gasteiger partial charge in [-0.15, -0.1) is 12.4 Å². The number of fused-ring (bicyclic) bond motifs is 1. The van der Waals surface area contributed by atoms with Crippen molar-refractivity contribution < 1.29 is 26.8 Å². The fraction of sp³-hybridized carbons (Fsp3) is 0.417. The van der Waals surface area contributed by atoms with Crippen LogP contribution in [0.25, 0.3) is 0 Å². The molecular weight excluding hydrogens is 528 g/mol. The number of hydrogen-bond donors (Lipinski definition) is 3. The number of nitrogens with zero attached hydrogens (tertiary/aromatic N) is 2. The first-order chi connectivity index (χ1) is 17.2. The second kappa shape index (κ2) is 10.8. The number of carbonyl (C=O) groups excluding carboxylic acids is 2. The molecular formula is C24H28ClF2N5O4S. The van der Waals surface area contributed by atoms with Gasteiger partial charge >= 0.3 is 6.03 Å². The Kier molecular flexibility index (Phi) is 7.91. The Balaban J connectivity index is 0.00000320. The highest BCUT2D eigenvalue weighted by atomic mass is 35.5. The number of nitrogens with one attached hydrogen (secondary N) is 3. The van der Waals surface area contributed by atoms with Gasteiger partial charge in [-0.25, -0.2) is 22.0 Å². The molecule has 0 spiro atoms. The molecule has 0 aliphatic carbocycles. The number of amides is 3. The number of piperidine rings is 1. The number of carbonyl (C=O) groups is 2. The van der Waals surface area contributed by atoms with Crippen molar-refractivity contribution in [3.8, 4) is 0 Å².